The van der Waals surface area contributed by atoms with Crippen LogP contribution < -0.4 is 5.32 Å². The molecule has 0 fully saturated rings. The third-order valence-electron chi connectivity index (χ3n) is 2.32. The highest BCUT2D eigenvalue weighted by Gasteiger charge is 2.18. The number of nitrogens with zero attached hydrogens (tertiary/aromatic N) is 1. The predicted molar refractivity (Wildman–Crippen MR) is 71.4 cm³/mol. The van der Waals surface area contributed by atoms with Crippen LogP contribution in [0.2, 0.25) is 0 Å². The zero-order valence-corrected chi connectivity index (χ0v) is 11.6. The maximum absolute atomic E-state index is 11.7. The van der Waals surface area contributed by atoms with Crippen molar-refractivity contribution >= 4 is 6.09 Å². The van der Waals surface area contributed by atoms with Gasteiger partial charge in [-0.1, -0.05) is 0 Å². The summed E-state index contributed by atoms with van der Waals surface area (Å²) in [6.07, 6.45) is 3.56. The minimum Gasteiger partial charge on any atom is -0.444 e. The second-order valence-corrected chi connectivity index (χ2v) is 5.30. The number of H-pyrrole nitrogens is 1. The number of amides is 1. The molecule has 0 bridgehead atoms. The molecule has 0 atom stereocenters. The Bertz CT molecular complexity index is 355. The number of rotatable bonds is 5. The third-order valence-corrected chi connectivity index (χ3v) is 2.32. The lowest BCUT2D eigenvalue weighted by molar-refractivity contribution is 0.0300. The molecule has 1 rings (SSSR count). The van der Waals surface area contributed by atoms with Gasteiger partial charge in [0.1, 0.15) is 5.60 Å². The van der Waals surface area contributed by atoms with Gasteiger partial charge >= 0.3 is 6.09 Å². The molecule has 0 aliphatic carbocycles. The number of aromatic nitrogens is 1. The molecular formula is C13H23N3O2. The highest BCUT2D eigenvalue weighted by molar-refractivity contribution is 5.67. The molecule has 0 saturated heterocycles. The van der Waals surface area contributed by atoms with Gasteiger partial charge in [-0.15, -0.1) is 0 Å². The smallest absolute Gasteiger partial charge is 0.410 e. The average molecular weight is 253 g/mol. The molecule has 5 nitrogen and oxygen atoms in total. The van der Waals surface area contributed by atoms with Gasteiger partial charge in [-0.05, 0) is 32.4 Å². The van der Waals surface area contributed by atoms with Crippen LogP contribution in [0.25, 0.3) is 0 Å². The van der Waals surface area contributed by atoms with E-state index in [-0.39, 0.29) is 6.09 Å². The molecule has 1 amide bonds. The molecule has 1 aromatic rings. The largest absolute Gasteiger partial charge is 0.444 e. The molecule has 0 aliphatic heterocycles. The molecule has 18 heavy (non-hydrogen) atoms. The van der Waals surface area contributed by atoms with E-state index in [9.17, 15) is 4.79 Å². The van der Waals surface area contributed by atoms with Gasteiger partial charge < -0.3 is 19.9 Å². The Morgan fingerprint density at radius 2 is 2.22 bits per heavy atom. The molecule has 0 spiro atoms. The van der Waals surface area contributed by atoms with E-state index < -0.39 is 5.60 Å². The van der Waals surface area contributed by atoms with Crippen LogP contribution in [0.5, 0.6) is 0 Å². The van der Waals surface area contributed by atoms with Gasteiger partial charge in [-0.25, -0.2) is 4.79 Å². The van der Waals surface area contributed by atoms with Gasteiger partial charge in [-0.3, -0.25) is 0 Å². The van der Waals surface area contributed by atoms with Gasteiger partial charge in [0.15, 0.2) is 0 Å². The van der Waals surface area contributed by atoms with Crippen molar-refractivity contribution in [2.45, 2.75) is 32.9 Å². The van der Waals surface area contributed by atoms with Crippen molar-refractivity contribution < 1.29 is 9.53 Å². The maximum atomic E-state index is 11.7. The molecule has 102 valence electrons. The summed E-state index contributed by atoms with van der Waals surface area (Å²) in [4.78, 5) is 16.2. The fourth-order valence-corrected chi connectivity index (χ4v) is 1.38. The molecule has 0 unspecified atom stereocenters. The summed E-state index contributed by atoms with van der Waals surface area (Å²) in [7, 11) is 1.74. The maximum Gasteiger partial charge on any atom is 0.410 e. The lowest BCUT2D eigenvalue weighted by Crippen LogP contribution is -2.37. The van der Waals surface area contributed by atoms with E-state index in [0.717, 1.165) is 13.1 Å². The van der Waals surface area contributed by atoms with E-state index >= 15 is 0 Å². The fourth-order valence-electron chi connectivity index (χ4n) is 1.38. The first kappa shape index (κ1) is 14.6. The van der Waals surface area contributed by atoms with Crippen LogP contribution in [-0.2, 0) is 11.3 Å². The standard InChI is InChI=1S/C13H23N3O2/c1-13(2,3)18-12(17)16(4)8-7-15-10-11-5-6-14-9-11/h5-6,9,14-15H,7-8,10H2,1-4H3. The molecule has 0 saturated carbocycles. The Morgan fingerprint density at radius 1 is 1.50 bits per heavy atom. The number of carbonyl (C=O) groups excluding carboxylic acids is 1. The second-order valence-electron chi connectivity index (χ2n) is 5.30. The summed E-state index contributed by atoms with van der Waals surface area (Å²) in [5.41, 5.74) is 0.763. The van der Waals surface area contributed by atoms with Crippen molar-refractivity contribution in [3.05, 3.63) is 24.0 Å². The molecule has 5 heteroatoms. The SMILES string of the molecule is CN(CCNCc1cc[nH]c1)C(=O)OC(C)(C)C. The molecule has 0 radical (unpaired) electrons. The van der Waals surface area contributed by atoms with Gasteiger partial charge in [0.05, 0.1) is 0 Å². The minimum atomic E-state index is -0.441. The van der Waals surface area contributed by atoms with Crippen molar-refractivity contribution in [3.8, 4) is 0 Å². The number of likely N-dealkylation sites (N-methyl/N-ethyl adjacent to an activating group) is 1. The van der Waals surface area contributed by atoms with Crippen LogP contribution in [0.15, 0.2) is 18.5 Å². The number of hydrogen-bond acceptors (Lipinski definition) is 3. The molecular weight excluding hydrogens is 230 g/mol. The minimum absolute atomic E-state index is 0.286. The highest BCUT2D eigenvalue weighted by Crippen LogP contribution is 2.08. The van der Waals surface area contributed by atoms with E-state index in [4.69, 9.17) is 4.74 Å². The lowest BCUT2D eigenvalue weighted by Gasteiger charge is -2.24. The van der Waals surface area contributed by atoms with E-state index in [0.29, 0.717) is 6.54 Å². The van der Waals surface area contributed by atoms with Crippen molar-refractivity contribution in [1.82, 2.24) is 15.2 Å². The third kappa shape index (κ3) is 5.72. The quantitative estimate of drug-likeness (QED) is 0.789. The first-order chi connectivity index (χ1) is 8.38. The Labute approximate surface area is 109 Å². The van der Waals surface area contributed by atoms with Gasteiger partial charge in [-0.2, -0.15) is 0 Å². The predicted octanol–water partition coefficient (Wildman–Crippen LogP) is 1.97. The van der Waals surface area contributed by atoms with E-state index in [1.165, 1.54) is 5.56 Å². The Balaban J connectivity index is 2.16. The van der Waals surface area contributed by atoms with Crippen molar-refractivity contribution in [2.24, 2.45) is 0 Å². The summed E-state index contributed by atoms with van der Waals surface area (Å²) >= 11 is 0. The van der Waals surface area contributed by atoms with Crippen LogP contribution in [-0.4, -0.2) is 41.7 Å². The number of aromatic amines is 1. The van der Waals surface area contributed by atoms with Crippen LogP contribution in [0, 0.1) is 0 Å². The first-order valence-corrected chi connectivity index (χ1v) is 6.15. The lowest BCUT2D eigenvalue weighted by atomic mass is 10.2. The molecule has 1 heterocycles. The first-order valence-electron chi connectivity index (χ1n) is 6.15. The summed E-state index contributed by atoms with van der Waals surface area (Å²) in [5, 5.41) is 3.27. The number of nitrogens with one attached hydrogen (secondary N) is 2. The monoisotopic (exact) mass is 253 g/mol. The Morgan fingerprint density at radius 3 is 2.78 bits per heavy atom. The van der Waals surface area contributed by atoms with Crippen molar-refractivity contribution in [2.75, 3.05) is 20.1 Å². The van der Waals surface area contributed by atoms with Crippen LogP contribution in [0.3, 0.4) is 0 Å². The van der Waals surface area contributed by atoms with Crippen LogP contribution >= 0.6 is 0 Å². The average Bonchev–Trinajstić information content (AvgIpc) is 2.74. The van der Waals surface area contributed by atoms with Crippen molar-refractivity contribution in [3.63, 3.8) is 0 Å². The Hall–Kier alpha value is -1.49. The molecule has 0 aliphatic rings. The molecule has 0 aromatic carbocycles. The van der Waals surface area contributed by atoms with Crippen LogP contribution in [0.4, 0.5) is 4.79 Å². The van der Waals surface area contributed by atoms with Gasteiger partial charge in [0, 0.05) is 39.1 Å². The van der Waals surface area contributed by atoms with Gasteiger partial charge in [0.2, 0.25) is 0 Å². The number of ether oxygens (including phenoxy) is 1. The summed E-state index contributed by atoms with van der Waals surface area (Å²) in [6, 6.07) is 2.02. The van der Waals surface area contributed by atoms with E-state index in [1.807, 2.05) is 39.2 Å². The van der Waals surface area contributed by atoms with E-state index in [1.54, 1.807) is 11.9 Å². The fraction of sp³-hybridized carbons (Fsp3) is 0.615. The normalized spacial score (nSPS) is 11.3. The Kier molecular flexibility index (Phi) is 5.22. The number of hydrogen-bond donors (Lipinski definition) is 2. The van der Waals surface area contributed by atoms with Crippen molar-refractivity contribution in [1.29, 1.82) is 0 Å². The van der Waals surface area contributed by atoms with Gasteiger partial charge in [0.25, 0.3) is 0 Å². The topological polar surface area (TPSA) is 57.4 Å². The number of carbonyl (C=O) groups is 1. The van der Waals surface area contributed by atoms with Crippen LogP contribution in [0.1, 0.15) is 26.3 Å². The summed E-state index contributed by atoms with van der Waals surface area (Å²) in [5.74, 6) is 0. The molecule has 2 N–H and O–H groups in total. The molecule has 1 aromatic heterocycles. The summed E-state index contributed by atoms with van der Waals surface area (Å²) in [6.45, 7) is 7.75. The summed E-state index contributed by atoms with van der Waals surface area (Å²) < 4.78 is 5.26. The zero-order valence-electron chi connectivity index (χ0n) is 11.6. The van der Waals surface area contributed by atoms with E-state index in [2.05, 4.69) is 10.3 Å². The zero-order chi connectivity index (χ0) is 13.6. The highest BCUT2D eigenvalue weighted by atomic mass is 16.6. The second kappa shape index (κ2) is 6.44.